The molecule has 5 amide bonds. The predicted molar refractivity (Wildman–Crippen MR) is 121 cm³/mol. The molecule has 1 aromatic rings. The Kier molecular flexibility index (Phi) is 7.15. The maximum Gasteiger partial charge on any atom is 0.321 e. The minimum atomic E-state index is -0.861. The maximum atomic E-state index is 13.2. The van der Waals surface area contributed by atoms with E-state index in [1.165, 1.54) is 0 Å². The molecular weight excluding hydrogens is 432 g/mol. The molecular formula is C21H28N6O4S. The van der Waals surface area contributed by atoms with Gasteiger partial charge in [-0.25, -0.2) is 4.79 Å². The van der Waals surface area contributed by atoms with E-state index in [9.17, 15) is 19.2 Å². The van der Waals surface area contributed by atoms with Crippen LogP contribution >= 0.6 is 11.8 Å². The van der Waals surface area contributed by atoms with Gasteiger partial charge in [-0.1, -0.05) is 18.2 Å². The molecule has 0 aliphatic carbocycles. The second-order valence-electron chi connectivity index (χ2n) is 8.06. The van der Waals surface area contributed by atoms with Crippen molar-refractivity contribution in [3.05, 3.63) is 30.3 Å². The van der Waals surface area contributed by atoms with E-state index in [-0.39, 0.29) is 37.0 Å². The molecule has 0 saturated carbocycles. The quantitative estimate of drug-likeness (QED) is 0.493. The number of hydrogen-bond donors (Lipinski definition) is 4. The highest BCUT2D eigenvalue weighted by Gasteiger charge is 2.41. The van der Waals surface area contributed by atoms with Crippen molar-refractivity contribution in [3.63, 3.8) is 0 Å². The Balaban J connectivity index is 1.47. The lowest BCUT2D eigenvalue weighted by Gasteiger charge is -2.41. The molecule has 11 heteroatoms. The summed E-state index contributed by atoms with van der Waals surface area (Å²) in [6.07, 6.45) is 1.33. The van der Waals surface area contributed by atoms with Crippen LogP contribution < -0.4 is 21.3 Å². The van der Waals surface area contributed by atoms with Gasteiger partial charge in [-0.2, -0.15) is 0 Å². The fraction of sp³-hybridized carbons (Fsp3) is 0.524. The van der Waals surface area contributed by atoms with Gasteiger partial charge in [0.2, 0.25) is 17.7 Å². The van der Waals surface area contributed by atoms with Crippen LogP contribution in [0.25, 0.3) is 0 Å². The summed E-state index contributed by atoms with van der Waals surface area (Å²) in [5, 5.41) is 11.5. The Morgan fingerprint density at radius 1 is 1.12 bits per heavy atom. The van der Waals surface area contributed by atoms with E-state index >= 15 is 0 Å². The Morgan fingerprint density at radius 2 is 1.94 bits per heavy atom. The van der Waals surface area contributed by atoms with Gasteiger partial charge < -0.3 is 25.8 Å². The number of anilines is 1. The number of benzene rings is 1. The first-order valence-corrected chi connectivity index (χ1v) is 12.0. The number of rotatable bonds is 4. The third-order valence-electron chi connectivity index (χ3n) is 5.89. The highest BCUT2D eigenvalue weighted by Crippen LogP contribution is 2.18. The van der Waals surface area contributed by atoms with Crippen LogP contribution in [0.15, 0.2) is 30.3 Å². The average Bonchev–Trinajstić information content (AvgIpc) is 3.35. The Bertz CT molecular complexity index is 863. The van der Waals surface area contributed by atoms with Gasteiger partial charge in [0.25, 0.3) is 0 Å². The monoisotopic (exact) mass is 460 g/mol. The average molecular weight is 461 g/mol. The van der Waals surface area contributed by atoms with E-state index in [2.05, 4.69) is 21.3 Å². The van der Waals surface area contributed by atoms with Gasteiger partial charge in [0, 0.05) is 37.0 Å². The van der Waals surface area contributed by atoms with Crippen molar-refractivity contribution < 1.29 is 19.2 Å². The van der Waals surface area contributed by atoms with E-state index in [0.717, 1.165) is 6.42 Å². The molecule has 4 rings (SSSR count). The third-order valence-corrected chi connectivity index (χ3v) is 6.83. The van der Waals surface area contributed by atoms with Gasteiger partial charge >= 0.3 is 6.03 Å². The minimum absolute atomic E-state index is 0.0600. The summed E-state index contributed by atoms with van der Waals surface area (Å²) in [5.74, 6) is 0.558. The smallest absolute Gasteiger partial charge is 0.321 e. The molecule has 32 heavy (non-hydrogen) atoms. The molecule has 3 atom stereocenters. The number of amides is 5. The summed E-state index contributed by atoms with van der Waals surface area (Å²) >= 11 is 1.63. The van der Waals surface area contributed by atoms with Crippen LogP contribution in [0.4, 0.5) is 10.5 Å². The van der Waals surface area contributed by atoms with Gasteiger partial charge in [0.05, 0.1) is 12.6 Å². The van der Waals surface area contributed by atoms with E-state index in [0.29, 0.717) is 36.8 Å². The standard InChI is InChI=1S/C21H28N6O4S/c28-18-15(7-4-8-22-18)25-19(29)17-11-26(21(31)24-14-5-2-1-3-6-14)9-10-27(17)20(30)16-12-32-13-23-16/h1-3,5-6,15-17,23H,4,7-13H2,(H,22,28)(H,24,31)(H,25,29). The summed E-state index contributed by atoms with van der Waals surface area (Å²) in [6.45, 7) is 1.22. The number of nitrogens with zero attached hydrogens (tertiary/aromatic N) is 2. The van der Waals surface area contributed by atoms with E-state index in [4.69, 9.17) is 0 Å². The van der Waals surface area contributed by atoms with Crippen molar-refractivity contribution in [3.8, 4) is 0 Å². The number of carbonyl (C=O) groups excluding carboxylic acids is 4. The molecule has 172 valence electrons. The van der Waals surface area contributed by atoms with Crippen molar-refractivity contribution in [2.24, 2.45) is 0 Å². The number of thioether (sulfide) groups is 1. The van der Waals surface area contributed by atoms with Crippen LogP contribution in [0.1, 0.15) is 12.8 Å². The molecule has 3 fully saturated rings. The molecule has 0 aromatic heterocycles. The lowest BCUT2D eigenvalue weighted by molar-refractivity contribution is -0.145. The van der Waals surface area contributed by atoms with Gasteiger partial charge in [0.1, 0.15) is 12.1 Å². The molecule has 3 aliphatic rings. The van der Waals surface area contributed by atoms with Crippen molar-refractivity contribution >= 4 is 41.2 Å². The number of carbonyl (C=O) groups is 4. The molecule has 3 heterocycles. The zero-order valence-corrected chi connectivity index (χ0v) is 18.5. The molecule has 10 nitrogen and oxygen atoms in total. The van der Waals surface area contributed by atoms with Crippen LogP contribution in [-0.4, -0.2) is 89.5 Å². The maximum absolute atomic E-state index is 13.2. The Hall–Kier alpha value is -2.79. The second-order valence-corrected chi connectivity index (χ2v) is 9.09. The van der Waals surface area contributed by atoms with Crippen molar-refractivity contribution in [1.29, 1.82) is 0 Å². The highest BCUT2D eigenvalue weighted by molar-refractivity contribution is 7.99. The SMILES string of the molecule is O=C1NCCCC1NC(=O)C1CN(C(=O)Nc2ccccc2)CCN1C(=O)C1CSCN1. The molecule has 0 bridgehead atoms. The summed E-state index contributed by atoms with van der Waals surface area (Å²) in [5.41, 5.74) is 0.656. The molecule has 3 aliphatic heterocycles. The lowest BCUT2D eigenvalue weighted by Crippen LogP contribution is -2.65. The number of nitrogens with one attached hydrogen (secondary N) is 4. The van der Waals surface area contributed by atoms with Crippen molar-refractivity contribution in [1.82, 2.24) is 25.8 Å². The number of para-hydroxylation sites is 1. The molecule has 3 saturated heterocycles. The lowest BCUT2D eigenvalue weighted by atomic mass is 10.0. The first-order chi connectivity index (χ1) is 15.5. The zero-order chi connectivity index (χ0) is 22.5. The summed E-state index contributed by atoms with van der Waals surface area (Å²) in [4.78, 5) is 54.3. The van der Waals surface area contributed by atoms with E-state index < -0.39 is 18.0 Å². The minimum Gasteiger partial charge on any atom is -0.354 e. The van der Waals surface area contributed by atoms with Crippen LogP contribution in [0.2, 0.25) is 0 Å². The van der Waals surface area contributed by atoms with Crippen LogP contribution in [0.3, 0.4) is 0 Å². The van der Waals surface area contributed by atoms with Crippen LogP contribution in [0.5, 0.6) is 0 Å². The topological polar surface area (TPSA) is 123 Å². The second kappa shape index (κ2) is 10.2. The van der Waals surface area contributed by atoms with Crippen molar-refractivity contribution in [2.75, 3.05) is 43.1 Å². The Morgan fingerprint density at radius 3 is 2.66 bits per heavy atom. The van der Waals surface area contributed by atoms with Gasteiger partial charge in [0.15, 0.2) is 0 Å². The predicted octanol–water partition coefficient (Wildman–Crippen LogP) is -0.211. The van der Waals surface area contributed by atoms with E-state index in [1.807, 2.05) is 18.2 Å². The molecule has 0 spiro atoms. The highest BCUT2D eigenvalue weighted by atomic mass is 32.2. The molecule has 1 aromatic carbocycles. The number of piperidine rings is 1. The van der Waals surface area contributed by atoms with Crippen LogP contribution in [-0.2, 0) is 14.4 Å². The number of hydrogen-bond acceptors (Lipinski definition) is 6. The normalized spacial score (nSPS) is 25.8. The largest absolute Gasteiger partial charge is 0.354 e. The van der Waals surface area contributed by atoms with Gasteiger partial charge in [-0.05, 0) is 25.0 Å². The molecule has 3 unspecified atom stereocenters. The fourth-order valence-electron chi connectivity index (χ4n) is 4.11. The fourth-order valence-corrected chi connectivity index (χ4v) is 5.04. The van der Waals surface area contributed by atoms with Gasteiger partial charge in [-0.3, -0.25) is 19.7 Å². The van der Waals surface area contributed by atoms with Crippen LogP contribution in [0, 0.1) is 0 Å². The molecule has 0 radical (unpaired) electrons. The number of piperazine rings is 1. The third kappa shape index (κ3) is 5.16. The van der Waals surface area contributed by atoms with E-state index in [1.54, 1.807) is 33.7 Å². The first-order valence-electron chi connectivity index (χ1n) is 10.8. The molecule has 4 N–H and O–H groups in total. The van der Waals surface area contributed by atoms with Gasteiger partial charge in [-0.15, -0.1) is 11.8 Å². The van der Waals surface area contributed by atoms with Crippen molar-refractivity contribution in [2.45, 2.75) is 31.0 Å². The zero-order valence-electron chi connectivity index (χ0n) is 17.7. The summed E-state index contributed by atoms with van der Waals surface area (Å²) in [7, 11) is 0. The Labute approximate surface area is 190 Å². The number of urea groups is 1. The summed E-state index contributed by atoms with van der Waals surface area (Å²) in [6, 6.07) is 6.91. The summed E-state index contributed by atoms with van der Waals surface area (Å²) < 4.78 is 0. The first kappa shape index (κ1) is 22.4.